The number of carbonyl (C=O) groups excluding carboxylic acids is 1. The molecule has 0 radical (unpaired) electrons. The largest absolute Gasteiger partial charge is 0.508 e. The standard InChI is InChI=1S/C15H23F3O6S/c1-14(2,11-8-9-3-4-10(11)7-9)24-13(19)23-6-5-12(16)15(17,18)25(20,21)22/h9-12H,3-8H2,1-2H3,(H,20,21,22)/t9-,10?,11?,12?/m1/s1. The van der Waals surface area contributed by atoms with Gasteiger partial charge in [-0.3, -0.25) is 4.55 Å². The summed E-state index contributed by atoms with van der Waals surface area (Å²) in [7, 11) is -5.88. The zero-order chi connectivity index (χ0) is 19.0. The van der Waals surface area contributed by atoms with Crippen molar-refractivity contribution in [2.45, 2.75) is 63.0 Å². The molecule has 146 valence electrons. The van der Waals surface area contributed by atoms with Crippen molar-refractivity contribution in [2.24, 2.45) is 17.8 Å². The van der Waals surface area contributed by atoms with Crippen LogP contribution in [0.4, 0.5) is 18.0 Å². The summed E-state index contributed by atoms with van der Waals surface area (Å²) in [6.45, 7) is 2.71. The third-order valence-electron chi connectivity index (χ3n) is 5.28. The molecule has 25 heavy (non-hydrogen) atoms. The van der Waals surface area contributed by atoms with Gasteiger partial charge in [0, 0.05) is 12.3 Å². The van der Waals surface area contributed by atoms with E-state index in [1.165, 1.54) is 6.42 Å². The van der Waals surface area contributed by atoms with E-state index in [4.69, 9.17) is 9.29 Å². The SMILES string of the molecule is CC(C)(OC(=O)OCCC(F)C(F)(F)S(=O)(=O)O)C1C[C@@H]2CCC1C2. The van der Waals surface area contributed by atoms with Crippen molar-refractivity contribution in [3.05, 3.63) is 0 Å². The lowest BCUT2D eigenvalue weighted by molar-refractivity contribution is -0.0655. The van der Waals surface area contributed by atoms with Gasteiger partial charge in [0.2, 0.25) is 0 Å². The minimum absolute atomic E-state index is 0.191. The number of hydrogen-bond acceptors (Lipinski definition) is 5. The molecule has 2 aliphatic carbocycles. The number of rotatable bonds is 7. The van der Waals surface area contributed by atoms with Crippen LogP contribution >= 0.6 is 0 Å². The number of carbonyl (C=O) groups is 1. The molecule has 2 bridgehead atoms. The van der Waals surface area contributed by atoms with Gasteiger partial charge in [0.15, 0.2) is 6.17 Å². The first-order valence-electron chi connectivity index (χ1n) is 8.19. The first-order chi connectivity index (χ1) is 11.3. The van der Waals surface area contributed by atoms with E-state index in [-0.39, 0.29) is 5.92 Å². The van der Waals surface area contributed by atoms with Crippen LogP contribution in [0, 0.1) is 17.8 Å². The van der Waals surface area contributed by atoms with Crippen molar-refractivity contribution < 1.29 is 40.4 Å². The molecule has 2 aliphatic rings. The highest BCUT2D eigenvalue weighted by Gasteiger charge is 2.52. The van der Waals surface area contributed by atoms with Gasteiger partial charge < -0.3 is 9.47 Å². The van der Waals surface area contributed by atoms with E-state index in [2.05, 4.69) is 4.74 Å². The quantitative estimate of drug-likeness (QED) is 0.530. The van der Waals surface area contributed by atoms with E-state index >= 15 is 0 Å². The Labute approximate surface area is 144 Å². The van der Waals surface area contributed by atoms with Gasteiger partial charge in [-0.25, -0.2) is 9.18 Å². The predicted octanol–water partition coefficient (Wildman–Crippen LogP) is 3.56. The third-order valence-corrected chi connectivity index (χ3v) is 6.22. The number of halogens is 3. The van der Waals surface area contributed by atoms with Crippen molar-refractivity contribution in [2.75, 3.05) is 6.61 Å². The van der Waals surface area contributed by atoms with Gasteiger partial charge in [0.25, 0.3) is 0 Å². The van der Waals surface area contributed by atoms with Crippen LogP contribution in [0.5, 0.6) is 0 Å². The molecule has 2 fully saturated rings. The molecule has 6 nitrogen and oxygen atoms in total. The maximum atomic E-state index is 13.3. The lowest BCUT2D eigenvalue weighted by Gasteiger charge is -2.36. The van der Waals surface area contributed by atoms with Crippen molar-refractivity contribution in [1.82, 2.24) is 0 Å². The Hall–Kier alpha value is -1.03. The zero-order valence-corrected chi connectivity index (χ0v) is 14.9. The monoisotopic (exact) mass is 388 g/mol. The Morgan fingerprint density at radius 3 is 2.40 bits per heavy atom. The second-order valence-electron chi connectivity index (χ2n) is 7.38. The highest BCUT2D eigenvalue weighted by Crippen LogP contribution is 2.52. The van der Waals surface area contributed by atoms with Crippen LogP contribution in [0.3, 0.4) is 0 Å². The van der Waals surface area contributed by atoms with Crippen LogP contribution in [0.2, 0.25) is 0 Å². The summed E-state index contributed by atoms with van der Waals surface area (Å²) in [6.07, 6.45) is -1.06. The Bertz CT molecular complexity index is 606. The Morgan fingerprint density at radius 1 is 1.28 bits per heavy atom. The molecule has 2 saturated carbocycles. The number of alkyl halides is 3. The van der Waals surface area contributed by atoms with Crippen molar-refractivity contribution >= 4 is 16.3 Å². The fourth-order valence-electron chi connectivity index (χ4n) is 3.99. The van der Waals surface area contributed by atoms with Gasteiger partial charge in [0.05, 0.1) is 6.61 Å². The number of ether oxygens (including phenoxy) is 2. The second kappa shape index (κ2) is 6.94. The Morgan fingerprint density at radius 2 is 1.92 bits per heavy atom. The third kappa shape index (κ3) is 4.39. The van der Waals surface area contributed by atoms with E-state index < -0.39 is 46.3 Å². The first-order valence-corrected chi connectivity index (χ1v) is 9.63. The van der Waals surface area contributed by atoms with Gasteiger partial charge in [-0.2, -0.15) is 17.2 Å². The molecule has 4 atom stereocenters. The van der Waals surface area contributed by atoms with Crippen molar-refractivity contribution in [3.8, 4) is 0 Å². The fourth-order valence-corrected chi connectivity index (χ4v) is 4.43. The molecule has 1 N–H and O–H groups in total. The molecule has 0 aromatic carbocycles. The van der Waals surface area contributed by atoms with Gasteiger partial charge in [-0.1, -0.05) is 6.42 Å². The zero-order valence-electron chi connectivity index (χ0n) is 14.1. The van der Waals surface area contributed by atoms with E-state index in [9.17, 15) is 26.4 Å². The van der Waals surface area contributed by atoms with Gasteiger partial charge >= 0.3 is 21.5 Å². The molecule has 3 unspecified atom stereocenters. The maximum absolute atomic E-state index is 13.3. The van der Waals surface area contributed by atoms with Crippen LogP contribution in [0.15, 0.2) is 0 Å². The molecule has 10 heteroatoms. The molecule has 0 saturated heterocycles. The fraction of sp³-hybridized carbons (Fsp3) is 0.933. The molecule has 2 rings (SSSR count). The lowest BCUT2D eigenvalue weighted by Crippen LogP contribution is -2.40. The summed E-state index contributed by atoms with van der Waals surface area (Å²) in [6, 6.07) is 0. The van der Waals surface area contributed by atoms with Gasteiger partial charge in [-0.05, 0) is 44.9 Å². The highest BCUT2D eigenvalue weighted by atomic mass is 32.2. The minimum atomic E-state index is -5.88. The normalized spacial score (nSPS) is 28.0. The molecular formula is C15H23F3O6S. The summed E-state index contributed by atoms with van der Waals surface area (Å²) in [4.78, 5) is 11.7. The second-order valence-corrected chi connectivity index (χ2v) is 8.87. The van der Waals surface area contributed by atoms with E-state index in [1.807, 2.05) is 0 Å². The van der Waals surface area contributed by atoms with Crippen molar-refractivity contribution in [3.63, 3.8) is 0 Å². The Kier molecular flexibility index (Phi) is 5.63. The van der Waals surface area contributed by atoms with Crippen LogP contribution in [0.1, 0.15) is 46.0 Å². The van der Waals surface area contributed by atoms with E-state index in [1.54, 1.807) is 13.8 Å². The van der Waals surface area contributed by atoms with Crippen LogP contribution < -0.4 is 0 Å². The van der Waals surface area contributed by atoms with Crippen LogP contribution in [0.25, 0.3) is 0 Å². The smallest absolute Gasteiger partial charge is 0.434 e. The first kappa shape index (κ1) is 20.3. The summed E-state index contributed by atoms with van der Waals surface area (Å²) >= 11 is 0. The van der Waals surface area contributed by atoms with Gasteiger partial charge in [-0.15, -0.1) is 0 Å². The molecule has 0 amide bonds. The molecule has 0 spiro atoms. The summed E-state index contributed by atoms with van der Waals surface area (Å²) in [5.74, 6) is 1.32. The summed E-state index contributed by atoms with van der Waals surface area (Å²) < 4.78 is 78.3. The minimum Gasteiger partial charge on any atom is -0.434 e. The van der Waals surface area contributed by atoms with E-state index in [0.717, 1.165) is 19.3 Å². The van der Waals surface area contributed by atoms with E-state index in [0.29, 0.717) is 11.8 Å². The van der Waals surface area contributed by atoms with Crippen molar-refractivity contribution in [1.29, 1.82) is 0 Å². The molecule has 0 aromatic heterocycles. The maximum Gasteiger partial charge on any atom is 0.508 e. The molecular weight excluding hydrogens is 365 g/mol. The van der Waals surface area contributed by atoms with Crippen LogP contribution in [-0.2, 0) is 19.6 Å². The number of hydrogen-bond donors (Lipinski definition) is 1. The molecule has 0 heterocycles. The lowest BCUT2D eigenvalue weighted by atomic mass is 9.78. The summed E-state index contributed by atoms with van der Waals surface area (Å²) in [5, 5.41) is -4.96. The predicted molar refractivity (Wildman–Crippen MR) is 81.5 cm³/mol. The molecule has 0 aromatic rings. The van der Waals surface area contributed by atoms with Gasteiger partial charge in [0.1, 0.15) is 5.60 Å². The van der Waals surface area contributed by atoms with Crippen LogP contribution in [-0.4, -0.2) is 42.8 Å². The average Bonchev–Trinajstić information content (AvgIpc) is 3.08. The summed E-state index contributed by atoms with van der Waals surface area (Å²) in [5.41, 5.74) is -0.787. The highest BCUT2D eigenvalue weighted by molar-refractivity contribution is 7.86. The average molecular weight is 388 g/mol. The topological polar surface area (TPSA) is 89.9 Å². The molecule has 0 aliphatic heterocycles. The Balaban J connectivity index is 1.79. The number of fused-ring (bicyclic) bond motifs is 2.